The third-order valence-corrected chi connectivity index (χ3v) is 5.23. The minimum Gasteiger partial charge on any atom is -0.469 e. The Bertz CT molecular complexity index is 317. The SMILES string of the molecule is CSC1(CNC(C)Cc2ccco2)CCCC1. The van der Waals surface area contributed by atoms with E-state index in [9.17, 15) is 0 Å². The van der Waals surface area contributed by atoms with Crippen molar-refractivity contribution in [2.45, 2.75) is 49.8 Å². The quantitative estimate of drug-likeness (QED) is 0.840. The summed E-state index contributed by atoms with van der Waals surface area (Å²) < 4.78 is 5.88. The fourth-order valence-corrected chi connectivity index (χ4v) is 3.56. The van der Waals surface area contributed by atoms with Crippen LogP contribution in [-0.4, -0.2) is 23.6 Å². The molecular weight excluding hydrogens is 230 g/mol. The molecule has 1 heterocycles. The van der Waals surface area contributed by atoms with Crippen molar-refractivity contribution in [2.75, 3.05) is 12.8 Å². The van der Waals surface area contributed by atoms with Gasteiger partial charge in [-0.25, -0.2) is 0 Å². The molecule has 1 saturated carbocycles. The Kier molecular flexibility index (Phi) is 4.57. The molecule has 1 N–H and O–H groups in total. The first-order chi connectivity index (χ1) is 8.24. The first-order valence-corrected chi connectivity index (χ1v) is 7.77. The van der Waals surface area contributed by atoms with Crippen molar-refractivity contribution in [2.24, 2.45) is 0 Å². The summed E-state index contributed by atoms with van der Waals surface area (Å²) in [6, 6.07) is 4.51. The van der Waals surface area contributed by atoms with Gasteiger partial charge in [-0.05, 0) is 38.2 Å². The molecule has 0 radical (unpaired) electrons. The molecule has 1 aliphatic rings. The molecule has 0 spiro atoms. The number of thioether (sulfide) groups is 1. The van der Waals surface area contributed by atoms with Gasteiger partial charge >= 0.3 is 0 Å². The Morgan fingerprint density at radius 3 is 2.82 bits per heavy atom. The van der Waals surface area contributed by atoms with E-state index in [0.717, 1.165) is 18.7 Å². The summed E-state index contributed by atoms with van der Waals surface area (Å²) in [4.78, 5) is 0. The van der Waals surface area contributed by atoms with Crippen molar-refractivity contribution in [3.63, 3.8) is 0 Å². The Balaban J connectivity index is 1.77. The zero-order valence-electron chi connectivity index (χ0n) is 10.9. The molecule has 96 valence electrons. The van der Waals surface area contributed by atoms with Crippen LogP contribution in [0.4, 0.5) is 0 Å². The number of hydrogen-bond acceptors (Lipinski definition) is 3. The minimum absolute atomic E-state index is 0.491. The number of hydrogen-bond donors (Lipinski definition) is 1. The number of nitrogens with one attached hydrogen (secondary N) is 1. The van der Waals surface area contributed by atoms with E-state index >= 15 is 0 Å². The maximum Gasteiger partial charge on any atom is 0.105 e. The van der Waals surface area contributed by atoms with Crippen LogP contribution in [0.15, 0.2) is 22.8 Å². The molecular formula is C14H23NOS. The Hall–Kier alpha value is -0.410. The van der Waals surface area contributed by atoms with Gasteiger partial charge in [-0.1, -0.05) is 12.8 Å². The van der Waals surface area contributed by atoms with Crippen LogP contribution in [0.3, 0.4) is 0 Å². The highest BCUT2D eigenvalue weighted by Gasteiger charge is 2.32. The fraction of sp³-hybridized carbons (Fsp3) is 0.714. The monoisotopic (exact) mass is 253 g/mol. The van der Waals surface area contributed by atoms with Crippen LogP contribution < -0.4 is 5.32 Å². The van der Waals surface area contributed by atoms with Gasteiger partial charge in [0.05, 0.1) is 6.26 Å². The average Bonchev–Trinajstić information content (AvgIpc) is 2.98. The highest BCUT2D eigenvalue weighted by Crippen LogP contribution is 2.39. The van der Waals surface area contributed by atoms with Crippen LogP contribution in [0, 0.1) is 0 Å². The fourth-order valence-electron chi connectivity index (χ4n) is 2.64. The minimum atomic E-state index is 0.491. The van der Waals surface area contributed by atoms with Crippen LogP contribution in [0.1, 0.15) is 38.4 Å². The first kappa shape index (κ1) is 13.0. The van der Waals surface area contributed by atoms with Gasteiger partial charge in [-0.2, -0.15) is 11.8 Å². The van der Waals surface area contributed by atoms with Crippen molar-refractivity contribution in [3.05, 3.63) is 24.2 Å². The predicted molar refractivity (Wildman–Crippen MR) is 74.6 cm³/mol. The number of rotatable bonds is 6. The van der Waals surface area contributed by atoms with E-state index in [1.807, 2.05) is 17.8 Å². The van der Waals surface area contributed by atoms with Crippen molar-refractivity contribution < 1.29 is 4.42 Å². The molecule has 2 nitrogen and oxygen atoms in total. The van der Waals surface area contributed by atoms with Gasteiger partial charge in [0.15, 0.2) is 0 Å². The molecule has 1 aromatic heterocycles. The number of furan rings is 1. The highest BCUT2D eigenvalue weighted by atomic mass is 32.2. The van der Waals surface area contributed by atoms with E-state index in [4.69, 9.17) is 4.42 Å². The summed E-state index contributed by atoms with van der Waals surface area (Å²) in [5, 5.41) is 3.67. The molecule has 1 aliphatic carbocycles. The highest BCUT2D eigenvalue weighted by molar-refractivity contribution is 8.00. The Morgan fingerprint density at radius 2 is 2.24 bits per heavy atom. The van der Waals surface area contributed by atoms with Gasteiger partial charge in [0, 0.05) is 23.8 Å². The lowest BCUT2D eigenvalue weighted by atomic mass is 10.1. The first-order valence-electron chi connectivity index (χ1n) is 6.55. The van der Waals surface area contributed by atoms with Crippen LogP contribution in [-0.2, 0) is 6.42 Å². The molecule has 2 rings (SSSR count). The second kappa shape index (κ2) is 5.96. The smallest absolute Gasteiger partial charge is 0.105 e. The molecule has 3 heteroatoms. The lowest BCUT2D eigenvalue weighted by molar-refractivity contribution is 0.433. The van der Waals surface area contributed by atoms with Gasteiger partial charge < -0.3 is 9.73 Å². The molecule has 0 saturated heterocycles. The van der Waals surface area contributed by atoms with Crippen LogP contribution >= 0.6 is 11.8 Å². The molecule has 1 fully saturated rings. The summed E-state index contributed by atoms with van der Waals surface area (Å²) in [7, 11) is 0. The van der Waals surface area contributed by atoms with Gasteiger partial charge in [-0.3, -0.25) is 0 Å². The summed E-state index contributed by atoms with van der Waals surface area (Å²) >= 11 is 2.04. The van der Waals surface area contributed by atoms with Gasteiger partial charge in [0.1, 0.15) is 5.76 Å². The molecule has 0 aromatic carbocycles. The van der Waals surface area contributed by atoms with Gasteiger partial charge in [0.25, 0.3) is 0 Å². The molecule has 0 bridgehead atoms. The maximum atomic E-state index is 5.38. The topological polar surface area (TPSA) is 25.2 Å². The molecule has 0 aliphatic heterocycles. The zero-order chi connectivity index (χ0) is 12.1. The summed E-state index contributed by atoms with van der Waals surface area (Å²) in [5.41, 5.74) is 0. The van der Waals surface area contributed by atoms with Crippen molar-refractivity contribution in [1.82, 2.24) is 5.32 Å². The molecule has 1 atom stereocenters. The predicted octanol–water partition coefficient (Wildman–Crippen LogP) is 3.48. The Labute approximate surface area is 109 Å². The zero-order valence-corrected chi connectivity index (χ0v) is 11.7. The molecule has 17 heavy (non-hydrogen) atoms. The lowest BCUT2D eigenvalue weighted by Gasteiger charge is -2.28. The van der Waals surface area contributed by atoms with Gasteiger partial charge in [-0.15, -0.1) is 0 Å². The largest absolute Gasteiger partial charge is 0.469 e. The van der Waals surface area contributed by atoms with Crippen LogP contribution in [0.2, 0.25) is 0 Å². The Morgan fingerprint density at radius 1 is 1.47 bits per heavy atom. The third kappa shape index (κ3) is 3.52. The molecule has 1 unspecified atom stereocenters. The van der Waals surface area contributed by atoms with Crippen LogP contribution in [0.25, 0.3) is 0 Å². The second-order valence-electron chi connectivity index (χ2n) is 5.16. The molecule has 1 aromatic rings. The van der Waals surface area contributed by atoms with Crippen LogP contribution in [0.5, 0.6) is 0 Å². The summed E-state index contributed by atoms with van der Waals surface area (Å²) in [6.07, 6.45) is 10.5. The maximum absolute atomic E-state index is 5.38. The average molecular weight is 253 g/mol. The summed E-state index contributed by atoms with van der Waals surface area (Å²) in [6.45, 7) is 3.38. The van der Waals surface area contributed by atoms with E-state index in [2.05, 4.69) is 24.6 Å². The van der Waals surface area contributed by atoms with E-state index in [0.29, 0.717) is 10.8 Å². The van der Waals surface area contributed by atoms with E-state index < -0.39 is 0 Å². The van der Waals surface area contributed by atoms with E-state index in [1.54, 1.807) is 6.26 Å². The summed E-state index contributed by atoms with van der Waals surface area (Å²) in [5.74, 6) is 1.08. The normalized spacial score (nSPS) is 20.6. The van der Waals surface area contributed by atoms with Crippen molar-refractivity contribution in [1.29, 1.82) is 0 Å². The molecule has 0 amide bonds. The third-order valence-electron chi connectivity index (χ3n) is 3.81. The lowest BCUT2D eigenvalue weighted by Crippen LogP contribution is -2.40. The van der Waals surface area contributed by atoms with Gasteiger partial charge in [0.2, 0.25) is 0 Å². The van der Waals surface area contributed by atoms with E-state index in [1.165, 1.54) is 25.7 Å². The van der Waals surface area contributed by atoms with Crippen molar-refractivity contribution >= 4 is 11.8 Å². The standard InChI is InChI=1S/C14H23NOS/c1-12(10-13-6-5-9-16-13)15-11-14(17-2)7-3-4-8-14/h5-6,9,12,15H,3-4,7-8,10-11H2,1-2H3. The van der Waals surface area contributed by atoms with E-state index in [-0.39, 0.29) is 0 Å². The second-order valence-corrected chi connectivity index (χ2v) is 6.43. The van der Waals surface area contributed by atoms with Crippen molar-refractivity contribution in [3.8, 4) is 0 Å².